The third-order valence-electron chi connectivity index (χ3n) is 1.86. The highest BCUT2D eigenvalue weighted by molar-refractivity contribution is 7.98. The number of carbonyl (C=O) groups excluding carboxylic acids is 1. The third kappa shape index (κ3) is 7.03. The largest absolute Gasteiger partial charge is 0.394 e. The van der Waals surface area contributed by atoms with Crippen molar-refractivity contribution in [2.24, 2.45) is 0 Å². The highest BCUT2D eigenvalue weighted by atomic mass is 32.2. The second-order valence-corrected chi connectivity index (χ2v) is 4.02. The van der Waals surface area contributed by atoms with E-state index < -0.39 is 0 Å². The van der Waals surface area contributed by atoms with Crippen LogP contribution in [0, 0.1) is 0 Å². The van der Waals surface area contributed by atoms with Gasteiger partial charge < -0.3 is 15.7 Å². The van der Waals surface area contributed by atoms with Crippen molar-refractivity contribution in [3.05, 3.63) is 0 Å². The number of rotatable bonds is 7. The third-order valence-corrected chi connectivity index (χ3v) is 2.56. The first-order valence-electron chi connectivity index (χ1n) is 4.88. The highest BCUT2D eigenvalue weighted by Gasteiger charge is 2.07. The first-order valence-corrected chi connectivity index (χ1v) is 6.28. The summed E-state index contributed by atoms with van der Waals surface area (Å²) in [6, 6.07) is -0.317. The zero-order valence-corrected chi connectivity index (χ0v) is 9.69. The standard InChI is InChI=1S/C9H20N2O2S/c1-3-8(7-12)11-9(13)10-5-4-6-14-2/h8,12H,3-7H2,1-2H3,(H2,10,11,13). The van der Waals surface area contributed by atoms with Crippen LogP contribution in [-0.4, -0.2) is 42.3 Å². The maximum absolute atomic E-state index is 11.2. The van der Waals surface area contributed by atoms with Crippen molar-refractivity contribution in [3.63, 3.8) is 0 Å². The summed E-state index contributed by atoms with van der Waals surface area (Å²) in [6.07, 6.45) is 3.76. The number of aliphatic hydroxyl groups excluding tert-OH is 1. The molecule has 3 N–H and O–H groups in total. The fraction of sp³-hybridized carbons (Fsp3) is 0.889. The molecule has 0 fully saturated rings. The molecule has 1 unspecified atom stereocenters. The number of aliphatic hydroxyl groups is 1. The summed E-state index contributed by atoms with van der Waals surface area (Å²) in [5.74, 6) is 1.05. The molecule has 0 bridgehead atoms. The predicted molar refractivity (Wildman–Crippen MR) is 60.7 cm³/mol. The van der Waals surface area contributed by atoms with Crippen LogP contribution in [0.5, 0.6) is 0 Å². The van der Waals surface area contributed by atoms with Crippen LogP contribution in [0.1, 0.15) is 19.8 Å². The Balaban J connectivity index is 3.44. The molecule has 84 valence electrons. The lowest BCUT2D eigenvalue weighted by Gasteiger charge is -2.14. The van der Waals surface area contributed by atoms with Gasteiger partial charge in [-0.1, -0.05) is 6.92 Å². The first-order chi connectivity index (χ1) is 6.74. The van der Waals surface area contributed by atoms with Crippen molar-refractivity contribution >= 4 is 17.8 Å². The quantitative estimate of drug-likeness (QED) is 0.556. The molecular formula is C9H20N2O2S. The SMILES string of the molecule is CCC(CO)NC(=O)NCCCSC. The molecule has 0 aliphatic heterocycles. The monoisotopic (exact) mass is 220 g/mol. The molecule has 0 heterocycles. The van der Waals surface area contributed by atoms with Gasteiger partial charge in [0.1, 0.15) is 0 Å². The Morgan fingerprint density at radius 1 is 1.57 bits per heavy atom. The molecule has 0 aliphatic rings. The summed E-state index contributed by atoms with van der Waals surface area (Å²) in [6.45, 7) is 2.61. The van der Waals surface area contributed by atoms with E-state index in [1.807, 2.05) is 13.2 Å². The Labute approximate surface area is 89.8 Å². The van der Waals surface area contributed by atoms with Gasteiger partial charge in [0.25, 0.3) is 0 Å². The average Bonchev–Trinajstić information content (AvgIpc) is 2.21. The first kappa shape index (κ1) is 13.6. The number of nitrogens with one attached hydrogen (secondary N) is 2. The van der Waals surface area contributed by atoms with Crippen LogP contribution in [0.4, 0.5) is 4.79 Å². The minimum absolute atomic E-state index is 0.00523. The number of carbonyl (C=O) groups is 1. The minimum Gasteiger partial charge on any atom is -0.394 e. The van der Waals surface area contributed by atoms with E-state index >= 15 is 0 Å². The maximum Gasteiger partial charge on any atom is 0.315 e. The molecule has 0 aromatic rings. The molecular weight excluding hydrogens is 200 g/mol. The number of hydrogen-bond acceptors (Lipinski definition) is 3. The van der Waals surface area contributed by atoms with Gasteiger partial charge in [-0.15, -0.1) is 0 Å². The lowest BCUT2D eigenvalue weighted by molar-refractivity contribution is 0.214. The van der Waals surface area contributed by atoms with Gasteiger partial charge in [-0.05, 0) is 24.9 Å². The van der Waals surface area contributed by atoms with Gasteiger partial charge >= 0.3 is 6.03 Å². The molecule has 0 aromatic heterocycles. The molecule has 2 amide bonds. The lowest BCUT2D eigenvalue weighted by atomic mass is 10.2. The van der Waals surface area contributed by atoms with Crippen LogP contribution < -0.4 is 10.6 Å². The molecule has 0 spiro atoms. The number of thioether (sulfide) groups is 1. The number of urea groups is 1. The predicted octanol–water partition coefficient (Wildman–Crippen LogP) is 0.810. The van der Waals surface area contributed by atoms with E-state index in [0.29, 0.717) is 6.54 Å². The molecule has 0 rings (SSSR count). The second-order valence-electron chi connectivity index (χ2n) is 3.03. The van der Waals surface area contributed by atoms with Crippen LogP contribution in [-0.2, 0) is 0 Å². The zero-order valence-electron chi connectivity index (χ0n) is 8.88. The zero-order chi connectivity index (χ0) is 10.8. The van der Waals surface area contributed by atoms with E-state index in [4.69, 9.17) is 5.11 Å². The Morgan fingerprint density at radius 3 is 2.79 bits per heavy atom. The smallest absolute Gasteiger partial charge is 0.315 e. The molecule has 14 heavy (non-hydrogen) atoms. The Hall–Kier alpha value is -0.420. The highest BCUT2D eigenvalue weighted by Crippen LogP contribution is 1.93. The summed E-state index contributed by atoms with van der Waals surface area (Å²) >= 11 is 1.76. The Morgan fingerprint density at radius 2 is 2.29 bits per heavy atom. The summed E-state index contributed by atoms with van der Waals surface area (Å²) in [7, 11) is 0. The Kier molecular flexibility index (Phi) is 8.87. The molecule has 1 atom stereocenters. The van der Waals surface area contributed by atoms with Crippen molar-refractivity contribution in [1.82, 2.24) is 10.6 Å². The second kappa shape index (κ2) is 9.15. The van der Waals surface area contributed by atoms with Gasteiger partial charge in [0.05, 0.1) is 12.6 Å². The van der Waals surface area contributed by atoms with Crippen molar-refractivity contribution in [3.8, 4) is 0 Å². The Bertz CT molecular complexity index is 152. The molecule has 4 nitrogen and oxygen atoms in total. The summed E-state index contributed by atoms with van der Waals surface area (Å²) < 4.78 is 0. The van der Waals surface area contributed by atoms with Crippen LogP contribution in [0.3, 0.4) is 0 Å². The maximum atomic E-state index is 11.2. The van der Waals surface area contributed by atoms with Crippen LogP contribution >= 0.6 is 11.8 Å². The lowest BCUT2D eigenvalue weighted by Crippen LogP contribution is -2.43. The minimum atomic E-state index is -0.188. The number of hydrogen-bond donors (Lipinski definition) is 3. The van der Waals surface area contributed by atoms with Gasteiger partial charge in [-0.25, -0.2) is 4.79 Å². The van der Waals surface area contributed by atoms with Gasteiger partial charge in [0, 0.05) is 6.54 Å². The van der Waals surface area contributed by atoms with Crippen molar-refractivity contribution in [2.45, 2.75) is 25.8 Å². The molecule has 0 saturated carbocycles. The molecule has 0 aromatic carbocycles. The van der Waals surface area contributed by atoms with E-state index in [-0.39, 0.29) is 18.7 Å². The van der Waals surface area contributed by atoms with E-state index in [2.05, 4.69) is 10.6 Å². The van der Waals surface area contributed by atoms with E-state index in [9.17, 15) is 4.79 Å². The van der Waals surface area contributed by atoms with Gasteiger partial charge in [0.15, 0.2) is 0 Å². The normalized spacial score (nSPS) is 12.2. The fourth-order valence-corrected chi connectivity index (χ4v) is 1.36. The van der Waals surface area contributed by atoms with E-state index in [1.165, 1.54) is 0 Å². The molecule has 0 radical (unpaired) electrons. The molecule has 5 heteroatoms. The van der Waals surface area contributed by atoms with Crippen LogP contribution in [0.25, 0.3) is 0 Å². The summed E-state index contributed by atoms with van der Waals surface area (Å²) in [5, 5.41) is 14.3. The van der Waals surface area contributed by atoms with Crippen LogP contribution in [0.15, 0.2) is 0 Å². The topological polar surface area (TPSA) is 61.4 Å². The van der Waals surface area contributed by atoms with Gasteiger partial charge in [0.2, 0.25) is 0 Å². The average molecular weight is 220 g/mol. The van der Waals surface area contributed by atoms with E-state index in [1.54, 1.807) is 11.8 Å². The van der Waals surface area contributed by atoms with Gasteiger partial charge in [-0.3, -0.25) is 0 Å². The summed E-state index contributed by atoms with van der Waals surface area (Å²) in [4.78, 5) is 11.2. The molecule has 0 saturated heterocycles. The fourth-order valence-electron chi connectivity index (χ4n) is 0.932. The van der Waals surface area contributed by atoms with Crippen LogP contribution in [0.2, 0.25) is 0 Å². The van der Waals surface area contributed by atoms with Gasteiger partial charge in [-0.2, -0.15) is 11.8 Å². The molecule has 0 aliphatic carbocycles. The van der Waals surface area contributed by atoms with Crippen molar-refractivity contribution in [1.29, 1.82) is 0 Å². The van der Waals surface area contributed by atoms with Crippen molar-refractivity contribution < 1.29 is 9.90 Å². The van der Waals surface area contributed by atoms with E-state index in [0.717, 1.165) is 18.6 Å². The van der Waals surface area contributed by atoms with Crippen molar-refractivity contribution in [2.75, 3.05) is 25.2 Å². The summed E-state index contributed by atoms with van der Waals surface area (Å²) in [5.41, 5.74) is 0. The number of amides is 2.